The lowest BCUT2D eigenvalue weighted by Gasteiger charge is -2.21. The maximum absolute atomic E-state index is 12.0. The van der Waals surface area contributed by atoms with E-state index in [4.69, 9.17) is 5.73 Å². The average molecular weight is 263 g/mol. The maximum Gasteiger partial charge on any atom is 0.242 e. The van der Waals surface area contributed by atoms with E-state index in [-0.39, 0.29) is 18.4 Å². The van der Waals surface area contributed by atoms with Gasteiger partial charge < -0.3 is 16.0 Å². The molecule has 5 nitrogen and oxygen atoms in total. The van der Waals surface area contributed by atoms with Crippen LogP contribution in [0.1, 0.15) is 19.4 Å². The van der Waals surface area contributed by atoms with Crippen molar-refractivity contribution >= 4 is 11.8 Å². The largest absolute Gasteiger partial charge is 0.346 e. The van der Waals surface area contributed by atoms with Crippen molar-refractivity contribution in [2.24, 2.45) is 5.73 Å². The van der Waals surface area contributed by atoms with Gasteiger partial charge in [0.25, 0.3) is 0 Å². The molecule has 0 bridgehead atoms. The molecule has 0 unspecified atom stereocenters. The molecule has 1 aromatic carbocycles. The van der Waals surface area contributed by atoms with Gasteiger partial charge in [0.2, 0.25) is 11.8 Å². The first-order valence-corrected chi connectivity index (χ1v) is 6.39. The summed E-state index contributed by atoms with van der Waals surface area (Å²) >= 11 is 0. The third-order valence-electron chi connectivity index (χ3n) is 2.78. The van der Waals surface area contributed by atoms with E-state index in [0.717, 1.165) is 5.56 Å². The normalized spacial score (nSPS) is 11.7. The Morgan fingerprint density at radius 3 is 2.47 bits per heavy atom. The van der Waals surface area contributed by atoms with Gasteiger partial charge in [-0.05, 0) is 19.4 Å². The zero-order valence-electron chi connectivity index (χ0n) is 11.4. The number of nitrogens with two attached hydrogens (primary N) is 1. The van der Waals surface area contributed by atoms with Crippen molar-refractivity contribution in [3.63, 3.8) is 0 Å². The van der Waals surface area contributed by atoms with Gasteiger partial charge in [-0.2, -0.15) is 0 Å². The van der Waals surface area contributed by atoms with Crippen molar-refractivity contribution in [1.82, 2.24) is 10.2 Å². The number of hydrogen-bond acceptors (Lipinski definition) is 3. The minimum atomic E-state index is -0.600. The fraction of sp³-hybridized carbons (Fsp3) is 0.429. The molecule has 3 N–H and O–H groups in total. The first kappa shape index (κ1) is 15.2. The molecule has 0 fully saturated rings. The Bertz CT molecular complexity index is 418. The number of nitrogens with one attached hydrogen (secondary N) is 1. The van der Waals surface area contributed by atoms with Crippen LogP contribution in [0.3, 0.4) is 0 Å². The predicted octanol–water partition coefficient (Wildman–Crippen LogP) is 0.499. The number of carbonyl (C=O) groups excluding carboxylic acids is 2. The molecule has 1 aromatic rings. The van der Waals surface area contributed by atoms with Gasteiger partial charge in [-0.25, -0.2) is 0 Å². The monoisotopic (exact) mass is 263 g/mol. The molecule has 0 spiro atoms. The summed E-state index contributed by atoms with van der Waals surface area (Å²) in [5, 5.41) is 2.53. The van der Waals surface area contributed by atoms with Gasteiger partial charge in [-0.15, -0.1) is 0 Å². The highest BCUT2D eigenvalue weighted by molar-refractivity contribution is 5.87. The summed E-state index contributed by atoms with van der Waals surface area (Å²) in [5.41, 5.74) is 6.48. The van der Waals surface area contributed by atoms with Crippen LogP contribution in [0.15, 0.2) is 30.3 Å². The van der Waals surface area contributed by atoms with Crippen LogP contribution in [0.5, 0.6) is 0 Å². The van der Waals surface area contributed by atoms with Gasteiger partial charge in [0.1, 0.15) is 0 Å². The Morgan fingerprint density at radius 2 is 1.95 bits per heavy atom. The summed E-state index contributed by atoms with van der Waals surface area (Å²) in [5.74, 6) is -0.426. The number of hydrogen-bond donors (Lipinski definition) is 2. The Hall–Kier alpha value is -1.88. The smallest absolute Gasteiger partial charge is 0.242 e. The molecular formula is C14H21N3O2. The minimum absolute atomic E-state index is 0.0129. The van der Waals surface area contributed by atoms with E-state index in [2.05, 4.69) is 5.32 Å². The quantitative estimate of drug-likeness (QED) is 0.784. The second kappa shape index (κ2) is 7.53. The fourth-order valence-corrected chi connectivity index (χ4v) is 1.62. The van der Waals surface area contributed by atoms with Crippen molar-refractivity contribution in [3.8, 4) is 0 Å². The molecule has 0 radical (unpaired) electrons. The van der Waals surface area contributed by atoms with Gasteiger partial charge in [0.05, 0.1) is 12.6 Å². The molecule has 104 valence electrons. The van der Waals surface area contributed by atoms with E-state index >= 15 is 0 Å². The van der Waals surface area contributed by atoms with E-state index < -0.39 is 6.04 Å². The number of likely N-dealkylation sites (N-methyl/N-ethyl adjacent to an activating group) is 1. The van der Waals surface area contributed by atoms with Gasteiger partial charge in [-0.3, -0.25) is 9.59 Å². The van der Waals surface area contributed by atoms with Gasteiger partial charge in [-0.1, -0.05) is 30.3 Å². The Morgan fingerprint density at radius 1 is 1.32 bits per heavy atom. The van der Waals surface area contributed by atoms with Crippen molar-refractivity contribution in [2.45, 2.75) is 26.4 Å². The highest BCUT2D eigenvalue weighted by atomic mass is 16.2. The molecule has 0 aliphatic heterocycles. The predicted molar refractivity (Wildman–Crippen MR) is 74.2 cm³/mol. The lowest BCUT2D eigenvalue weighted by Crippen LogP contribution is -2.44. The summed E-state index contributed by atoms with van der Waals surface area (Å²) in [7, 11) is 0. The number of benzene rings is 1. The van der Waals surface area contributed by atoms with Crippen molar-refractivity contribution in [1.29, 1.82) is 0 Å². The van der Waals surface area contributed by atoms with E-state index in [9.17, 15) is 9.59 Å². The third kappa shape index (κ3) is 5.09. The van der Waals surface area contributed by atoms with Crippen LogP contribution in [-0.4, -0.2) is 35.8 Å². The van der Waals surface area contributed by atoms with Crippen molar-refractivity contribution in [2.75, 3.05) is 13.1 Å². The summed E-state index contributed by atoms with van der Waals surface area (Å²) < 4.78 is 0. The van der Waals surface area contributed by atoms with Crippen LogP contribution < -0.4 is 11.1 Å². The highest BCUT2D eigenvalue weighted by Gasteiger charge is 2.14. The first-order chi connectivity index (χ1) is 9.04. The zero-order valence-corrected chi connectivity index (χ0v) is 11.4. The van der Waals surface area contributed by atoms with Crippen LogP contribution in [-0.2, 0) is 16.1 Å². The molecule has 5 heteroatoms. The number of nitrogens with zero attached hydrogens (tertiary/aromatic N) is 1. The lowest BCUT2D eigenvalue weighted by molar-refractivity contribution is -0.133. The molecule has 0 saturated carbocycles. The van der Waals surface area contributed by atoms with E-state index in [1.165, 1.54) is 0 Å². The van der Waals surface area contributed by atoms with Gasteiger partial charge in [0, 0.05) is 13.1 Å². The molecule has 1 atom stereocenters. The van der Waals surface area contributed by atoms with Gasteiger partial charge >= 0.3 is 0 Å². The fourth-order valence-electron chi connectivity index (χ4n) is 1.62. The summed E-state index contributed by atoms with van der Waals surface area (Å²) in [6.07, 6.45) is 0. The van der Waals surface area contributed by atoms with Crippen molar-refractivity contribution < 1.29 is 9.59 Å². The zero-order chi connectivity index (χ0) is 14.3. The SMILES string of the molecule is CCN(Cc1ccccc1)C(=O)CNC(=O)[C@@H](C)N. The lowest BCUT2D eigenvalue weighted by atomic mass is 10.2. The van der Waals surface area contributed by atoms with E-state index in [1.54, 1.807) is 11.8 Å². The number of amides is 2. The second-order valence-corrected chi connectivity index (χ2v) is 4.40. The highest BCUT2D eigenvalue weighted by Crippen LogP contribution is 2.04. The summed E-state index contributed by atoms with van der Waals surface area (Å²) in [4.78, 5) is 25.0. The van der Waals surface area contributed by atoms with Gasteiger partial charge in [0.15, 0.2) is 0 Å². The molecular weight excluding hydrogens is 242 g/mol. The molecule has 0 saturated heterocycles. The number of carbonyl (C=O) groups is 2. The standard InChI is InChI=1S/C14H21N3O2/c1-3-17(10-12-7-5-4-6-8-12)13(18)9-16-14(19)11(2)15/h4-8,11H,3,9-10,15H2,1-2H3,(H,16,19)/t11-/m1/s1. The Balaban J connectivity index is 2.50. The topological polar surface area (TPSA) is 75.4 Å². The van der Waals surface area contributed by atoms with Crippen LogP contribution in [0.25, 0.3) is 0 Å². The molecule has 0 aliphatic rings. The van der Waals surface area contributed by atoms with E-state index in [1.807, 2.05) is 37.3 Å². The Kier molecular flexibility index (Phi) is 6.02. The minimum Gasteiger partial charge on any atom is -0.346 e. The molecule has 0 aliphatic carbocycles. The molecule has 0 aromatic heterocycles. The van der Waals surface area contributed by atoms with E-state index in [0.29, 0.717) is 13.1 Å². The maximum atomic E-state index is 12.0. The molecule has 1 rings (SSSR count). The molecule has 0 heterocycles. The van der Waals surface area contributed by atoms with Crippen LogP contribution in [0, 0.1) is 0 Å². The Labute approximate surface area is 113 Å². The van der Waals surface area contributed by atoms with Crippen LogP contribution >= 0.6 is 0 Å². The van der Waals surface area contributed by atoms with Crippen LogP contribution in [0.2, 0.25) is 0 Å². The third-order valence-corrected chi connectivity index (χ3v) is 2.78. The second-order valence-electron chi connectivity index (χ2n) is 4.40. The average Bonchev–Trinajstić information content (AvgIpc) is 2.42. The summed E-state index contributed by atoms with van der Waals surface area (Å²) in [6.45, 7) is 4.63. The number of rotatable bonds is 6. The van der Waals surface area contributed by atoms with Crippen molar-refractivity contribution in [3.05, 3.63) is 35.9 Å². The first-order valence-electron chi connectivity index (χ1n) is 6.39. The molecule has 19 heavy (non-hydrogen) atoms. The molecule has 2 amide bonds. The summed E-state index contributed by atoms with van der Waals surface area (Å²) in [6, 6.07) is 9.14. The van der Waals surface area contributed by atoms with Crippen LogP contribution in [0.4, 0.5) is 0 Å².